The predicted molar refractivity (Wildman–Crippen MR) is 281 cm³/mol. The summed E-state index contributed by atoms with van der Waals surface area (Å²) < 4.78 is 29.3. The molecule has 77 heavy (non-hydrogen) atoms. The highest BCUT2D eigenvalue weighted by Crippen LogP contribution is 2.66. The van der Waals surface area contributed by atoms with Crippen molar-refractivity contribution in [3.05, 3.63) is 224 Å². The van der Waals surface area contributed by atoms with Crippen molar-refractivity contribution in [1.82, 2.24) is 9.80 Å². The Hall–Kier alpha value is -9.46. The van der Waals surface area contributed by atoms with Crippen molar-refractivity contribution in [2.24, 2.45) is 5.92 Å². The summed E-state index contributed by atoms with van der Waals surface area (Å²) >= 11 is 0. The maximum atomic E-state index is 16.8. The normalized spacial score (nSPS) is 21.2. The number of nitrogens with zero attached hydrogens (tertiary/aromatic N) is 4. The van der Waals surface area contributed by atoms with E-state index in [0.29, 0.717) is 57.1 Å². The minimum atomic E-state index is -2.15. The van der Waals surface area contributed by atoms with Gasteiger partial charge < -0.3 is 33.7 Å². The second-order valence-electron chi connectivity index (χ2n) is 19.2. The summed E-state index contributed by atoms with van der Waals surface area (Å²) in [6.45, 7) is -0.129. The molecule has 6 unspecified atom stereocenters. The first-order chi connectivity index (χ1) is 37.4. The molecule has 0 bridgehead atoms. The van der Waals surface area contributed by atoms with Crippen LogP contribution in [0.2, 0.25) is 0 Å². The van der Waals surface area contributed by atoms with Gasteiger partial charge in [-0.05, 0) is 124 Å². The number of cyclic esters (lactones) is 1. The number of carbonyl (C=O) groups is 4. The molecule has 4 aliphatic heterocycles. The average Bonchev–Trinajstić information content (AvgIpc) is 3.52. The van der Waals surface area contributed by atoms with Gasteiger partial charge in [0.2, 0.25) is 11.8 Å². The van der Waals surface area contributed by atoms with Crippen molar-refractivity contribution < 1.29 is 52.9 Å². The molecule has 1 spiro atoms. The van der Waals surface area contributed by atoms with Crippen LogP contribution >= 0.6 is 0 Å². The second-order valence-corrected chi connectivity index (χ2v) is 19.2. The minimum absolute atomic E-state index is 0.0664. The number of morpholine rings is 1. The smallest absolute Gasteiger partial charge is 0.421 e. The summed E-state index contributed by atoms with van der Waals surface area (Å²) in [5.74, 6) is 4.22. The van der Waals surface area contributed by atoms with Crippen LogP contribution in [-0.4, -0.2) is 77.6 Å². The number of hydrogen-bond acceptors (Lipinski definition) is 13. The molecule has 2 saturated heterocycles. The maximum absolute atomic E-state index is 16.8. The van der Waals surface area contributed by atoms with Gasteiger partial charge in [0.25, 0.3) is 5.69 Å². The molecule has 2 fully saturated rings. The van der Waals surface area contributed by atoms with Crippen LogP contribution in [0, 0.1) is 27.9 Å². The van der Waals surface area contributed by atoms with Crippen LogP contribution in [-0.2, 0) is 48.8 Å². The highest BCUT2D eigenvalue weighted by atomic mass is 16.6. The molecule has 0 radical (unpaired) electrons. The van der Waals surface area contributed by atoms with Crippen LogP contribution in [0.15, 0.2) is 164 Å². The first-order valence-electron chi connectivity index (χ1n) is 24.9. The number of nitro groups is 1. The van der Waals surface area contributed by atoms with E-state index in [2.05, 4.69) is 11.8 Å². The number of rotatable bonds is 10. The third kappa shape index (κ3) is 8.70. The minimum Gasteiger partial charge on any atom is -0.508 e. The highest BCUT2D eigenvalue weighted by molar-refractivity contribution is 6.23. The number of fused-ring (bicyclic) bond motifs is 4. The third-order valence-corrected chi connectivity index (χ3v) is 15.1. The molecule has 1 N–H and O–H groups in total. The third-order valence-electron chi connectivity index (χ3n) is 15.1. The van der Waals surface area contributed by atoms with Crippen LogP contribution in [0.25, 0.3) is 0 Å². The number of amides is 3. The van der Waals surface area contributed by atoms with E-state index in [1.165, 1.54) is 43.5 Å². The van der Waals surface area contributed by atoms with Gasteiger partial charge in [-0.3, -0.25) is 29.4 Å². The summed E-state index contributed by atoms with van der Waals surface area (Å²) in [6, 6.07) is 42.7. The number of hydrogen-bond donors (Lipinski definition) is 1. The van der Waals surface area contributed by atoms with E-state index in [1.54, 1.807) is 73.7 Å². The Morgan fingerprint density at radius 2 is 1.36 bits per heavy atom. The molecule has 4 heterocycles. The fourth-order valence-electron chi connectivity index (χ4n) is 11.6. The quantitative estimate of drug-likeness (QED) is 0.0592. The summed E-state index contributed by atoms with van der Waals surface area (Å²) in [5.41, 5.74) is 2.99. The number of carbonyl (C=O) groups excluding carboxylic acids is 4. The van der Waals surface area contributed by atoms with Gasteiger partial charge in [0.1, 0.15) is 35.7 Å². The number of anilines is 1. The molecule has 6 atom stereocenters. The van der Waals surface area contributed by atoms with E-state index < -0.39 is 64.4 Å². The first kappa shape index (κ1) is 49.7. The Kier molecular flexibility index (Phi) is 13.1. The number of ether oxygens (including phenoxy) is 5. The van der Waals surface area contributed by atoms with Gasteiger partial charge in [0.05, 0.1) is 49.9 Å². The zero-order valence-corrected chi connectivity index (χ0v) is 42.0. The number of aromatic hydroxyl groups is 1. The van der Waals surface area contributed by atoms with Gasteiger partial charge in [-0.15, -0.1) is 0 Å². The summed E-state index contributed by atoms with van der Waals surface area (Å²) in [6.07, 6.45) is -1.68. The highest BCUT2D eigenvalue weighted by Gasteiger charge is 2.76. The molecule has 3 amide bonds. The first-order valence-corrected chi connectivity index (χ1v) is 24.9. The molecule has 0 saturated carbocycles. The lowest BCUT2D eigenvalue weighted by Crippen LogP contribution is -2.57. The van der Waals surface area contributed by atoms with Crippen molar-refractivity contribution in [3.8, 4) is 34.8 Å². The number of nitro benzene ring substituents is 1. The molecule has 4 aliphatic rings. The monoisotopic (exact) mass is 1030 g/mol. The number of phenolic OH excluding ortho intramolecular Hbond substituents is 1. The van der Waals surface area contributed by atoms with Gasteiger partial charge in [-0.2, -0.15) is 0 Å². The molecule has 0 aromatic heterocycles. The van der Waals surface area contributed by atoms with E-state index >= 15 is 19.2 Å². The van der Waals surface area contributed by atoms with Gasteiger partial charge in [-0.1, -0.05) is 84.6 Å². The Labute approximate surface area is 443 Å². The van der Waals surface area contributed by atoms with Gasteiger partial charge in [0, 0.05) is 36.3 Å². The van der Waals surface area contributed by atoms with Crippen LogP contribution in [0.4, 0.5) is 16.2 Å². The lowest BCUT2D eigenvalue weighted by molar-refractivity contribution is -0.384. The number of non-ortho nitro benzene ring substituents is 1. The van der Waals surface area contributed by atoms with Gasteiger partial charge >= 0.3 is 12.1 Å². The topological polar surface area (TPSA) is 188 Å². The van der Waals surface area contributed by atoms with Crippen LogP contribution < -0.4 is 19.1 Å². The second kappa shape index (κ2) is 20.3. The van der Waals surface area contributed by atoms with Crippen molar-refractivity contribution in [1.29, 1.82) is 0 Å². The van der Waals surface area contributed by atoms with Crippen molar-refractivity contribution in [2.75, 3.05) is 32.8 Å². The van der Waals surface area contributed by atoms with Crippen molar-refractivity contribution in [3.63, 3.8) is 0 Å². The predicted octanol–water partition coefficient (Wildman–Crippen LogP) is 9.31. The fraction of sp³-hybridized carbons (Fsp3) is 0.213. The SMILES string of the molecule is COc1ccc(C#Cc2ccc3c(c2)C2(C(=O)N3C(=O)OCc3ccc([N+](=O)[O-])cc3)C(C(=O)N3CCc4cc(OC)c(OC)cc4C3)C3C(=O)OC(c4ccccc4)C(c4ccccc4)N3C2c2ccc(O)cc2)cc1. The Balaban J connectivity index is 1.16. The number of benzene rings is 7. The molecule has 16 heteroatoms. The zero-order chi connectivity index (χ0) is 53.5. The lowest BCUT2D eigenvalue weighted by atomic mass is 9.64. The molecular formula is C61H50N4O12. The number of phenols is 1. The molecule has 7 aromatic rings. The maximum Gasteiger partial charge on any atom is 0.421 e. The van der Waals surface area contributed by atoms with Crippen LogP contribution in [0.3, 0.4) is 0 Å². The van der Waals surface area contributed by atoms with Gasteiger partial charge in [-0.25, -0.2) is 9.69 Å². The van der Waals surface area contributed by atoms with E-state index in [1.807, 2.05) is 77.7 Å². The lowest BCUT2D eigenvalue weighted by Gasteiger charge is -2.46. The largest absolute Gasteiger partial charge is 0.508 e. The molecule has 386 valence electrons. The molecule has 7 aromatic carbocycles. The Morgan fingerprint density at radius 1 is 0.727 bits per heavy atom. The Bertz CT molecular complexity index is 3510. The number of esters is 1. The summed E-state index contributed by atoms with van der Waals surface area (Å²) in [5, 5.41) is 22.4. The molecule has 16 nitrogen and oxygen atoms in total. The van der Waals surface area contributed by atoms with Crippen molar-refractivity contribution >= 4 is 35.3 Å². The Morgan fingerprint density at radius 3 is 2.01 bits per heavy atom. The van der Waals surface area contributed by atoms with Crippen molar-refractivity contribution in [2.45, 2.75) is 49.2 Å². The molecule has 11 rings (SSSR count). The zero-order valence-electron chi connectivity index (χ0n) is 42.0. The average molecular weight is 1030 g/mol. The van der Waals surface area contributed by atoms with E-state index in [4.69, 9.17) is 23.7 Å². The van der Waals surface area contributed by atoms with E-state index in [-0.39, 0.29) is 42.4 Å². The van der Waals surface area contributed by atoms with E-state index in [0.717, 1.165) is 16.0 Å². The van der Waals surface area contributed by atoms with E-state index in [9.17, 15) is 15.2 Å². The summed E-state index contributed by atoms with van der Waals surface area (Å²) in [7, 11) is 4.64. The number of methoxy groups -OCH3 is 3. The van der Waals surface area contributed by atoms with Crippen LogP contribution in [0.1, 0.15) is 68.3 Å². The summed E-state index contributed by atoms with van der Waals surface area (Å²) in [4.78, 5) is 79.6. The molecule has 0 aliphatic carbocycles. The number of imide groups is 1. The van der Waals surface area contributed by atoms with Gasteiger partial charge in [0.15, 0.2) is 11.5 Å². The molecular weight excluding hydrogens is 981 g/mol. The fourth-order valence-corrected chi connectivity index (χ4v) is 11.6. The standard InChI is InChI=1S/C61H50N4O12/c1-73-47-27-18-37(19-28-47)14-15-38-20-29-49-48(32-38)61(59(69)63(49)60(70)76-36-39-16-23-45(24-17-39)65(71)72)52(57(67)62-31-30-43-33-50(74-2)51(75-3)34-44(43)35-62)54-58(68)77-55(41-12-8-5-9-13-41)53(40-10-6-4-7-11-40)64(54)56(61)42-21-25-46(66)26-22-42/h4-13,16-29,32-34,52-56,66H,30-31,35-36H2,1-3H3. The van der Waals surface area contributed by atoms with Crippen LogP contribution in [0.5, 0.6) is 23.0 Å².